The van der Waals surface area contributed by atoms with E-state index in [1.165, 1.54) is 6.07 Å². The molecule has 3 aromatic rings. The molecule has 2 aromatic carbocycles. The van der Waals surface area contributed by atoms with Gasteiger partial charge in [-0.1, -0.05) is 0 Å². The molecule has 0 amide bonds. The van der Waals surface area contributed by atoms with Crippen molar-refractivity contribution in [1.29, 1.82) is 0 Å². The summed E-state index contributed by atoms with van der Waals surface area (Å²) in [6.07, 6.45) is 0.620. The normalized spacial score (nSPS) is 10.7. The zero-order chi connectivity index (χ0) is 14.1. The van der Waals surface area contributed by atoms with Gasteiger partial charge in [0.2, 0.25) is 0 Å². The van der Waals surface area contributed by atoms with Gasteiger partial charge in [0.05, 0.1) is 12.7 Å². The summed E-state index contributed by atoms with van der Waals surface area (Å²) in [5, 5.41) is 10.4. The Labute approximate surface area is 115 Å². The Morgan fingerprint density at radius 3 is 2.55 bits per heavy atom. The van der Waals surface area contributed by atoms with Gasteiger partial charge >= 0.3 is 0 Å². The summed E-state index contributed by atoms with van der Waals surface area (Å²) in [5.41, 5.74) is 1.69. The van der Waals surface area contributed by atoms with Crippen LogP contribution in [-0.4, -0.2) is 18.5 Å². The standard InChI is InChI=1S/C16H12O4/c1-19-13-4-2-10(3-5-13)15-7-11-6-12(9-17)14(18)8-16(11)20-15/h2-9,18H,1H3. The summed E-state index contributed by atoms with van der Waals surface area (Å²) in [5.74, 6) is 1.36. The molecule has 4 heteroatoms. The average molecular weight is 268 g/mol. The number of furan rings is 1. The Bertz CT molecular complexity index is 769. The Hall–Kier alpha value is -2.75. The van der Waals surface area contributed by atoms with Crippen molar-refractivity contribution in [3.63, 3.8) is 0 Å². The lowest BCUT2D eigenvalue weighted by molar-refractivity contribution is 0.112. The minimum atomic E-state index is -0.0804. The minimum Gasteiger partial charge on any atom is -0.507 e. The van der Waals surface area contributed by atoms with E-state index < -0.39 is 0 Å². The number of ether oxygens (including phenoxy) is 1. The Kier molecular flexibility index (Phi) is 2.91. The van der Waals surface area contributed by atoms with Crippen LogP contribution in [-0.2, 0) is 0 Å². The van der Waals surface area contributed by atoms with Crippen LogP contribution in [0, 0.1) is 0 Å². The number of aldehydes is 1. The molecular formula is C16H12O4. The van der Waals surface area contributed by atoms with E-state index in [0.717, 1.165) is 16.7 Å². The number of hydrogen-bond acceptors (Lipinski definition) is 4. The highest BCUT2D eigenvalue weighted by atomic mass is 16.5. The van der Waals surface area contributed by atoms with Crippen molar-refractivity contribution in [3.05, 3.63) is 48.0 Å². The van der Waals surface area contributed by atoms with Gasteiger partial charge in [0, 0.05) is 17.0 Å². The molecule has 1 N–H and O–H groups in total. The van der Waals surface area contributed by atoms with Crippen LogP contribution >= 0.6 is 0 Å². The molecule has 100 valence electrons. The molecule has 0 aliphatic rings. The van der Waals surface area contributed by atoms with Crippen LogP contribution in [0.25, 0.3) is 22.3 Å². The van der Waals surface area contributed by atoms with Crippen LogP contribution in [0.15, 0.2) is 46.9 Å². The molecule has 0 aliphatic heterocycles. The van der Waals surface area contributed by atoms with E-state index >= 15 is 0 Å². The molecule has 0 saturated carbocycles. The number of benzene rings is 2. The van der Waals surface area contributed by atoms with Gasteiger partial charge in [0.25, 0.3) is 0 Å². The SMILES string of the molecule is COc1ccc(-c2cc3cc(C=O)c(O)cc3o2)cc1. The summed E-state index contributed by atoms with van der Waals surface area (Å²) in [4.78, 5) is 10.8. The van der Waals surface area contributed by atoms with Gasteiger partial charge in [-0.05, 0) is 36.4 Å². The van der Waals surface area contributed by atoms with E-state index in [-0.39, 0.29) is 11.3 Å². The zero-order valence-electron chi connectivity index (χ0n) is 10.8. The summed E-state index contributed by atoms with van der Waals surface area (Å²) >= 11 is 0. The van der Waals surface area contributed by atoms with Crippen LogP contribution in [0.3, 0.4) is 0 Å². The van der Waals surface area contributed by atoms with Gasteiger partial charge < -0.3 is 14.3 Å². The van der Waals surface area contributed by atoms with E-state index in [4.69, 9.17) is 9.15 Å². The van der Waals surface area contributed by atoms with Gasteiger partial charge in [-0.15, -0.1) is 0 Å². The molecule has 0 spiro atoms. The highest BCUT2D eigenvalue weighted by Gasteiger charge is 2.10. The number of phenolic OH excluding ortho intramolecular Hbond substituents is 1. The maximum atomic E-state index is 10.8. The van der Waals surface area contributed by atoms with E-state index in [0.29, 0.717) is 17.6 Å². The number of phenols is 1. The summed E-state index contributed by atoms with van der Waals surface area (Å²) < 4.78 is 10.8. The Balaban J connectivity index is 2.09. The lowest BCUT2D eigenvalue weighted by atomic mass is 10.1. The molecule has 0 radical (unpaired) electrons. The second-order valence-electron chi connectivity index (χ2n) is 4.41. The molecular weight excluding hydrogens is 256 g/mol. The predicted octanol–water partition coefficient (Wildman–Crippen LogP) is 3.63. The number of hydrogen-bond donors (Lipinski definition) is 1. The molecule has 3 rings (SSSR count). The third-order valence-corrected chi connectivity index (χ3v) is 3.17. The number of rotatable bonds is 3. The van der Waals surface area contributed by atoms with Crippen LogP contribution in [0.2, 0.25) is 0 Å². The number of aromatic hydroxyl groups is 1. The second-order valence-corrected chi connectivity index (χ2v) is 4.41. The maximum absolute atomic E-state index is 10.8. The summed E-state index contributed by atoms with van der Waals surface area (Å²) in [6.45, 7) is 0. The van der Waals surface area contributed by atoms with Crippen molar-refractivity contribution in [3.8, 4) is 22.8 Å². The van der Waals surface area contributed by atoms with E-state index in [1.807, 2.05) is 30.3 Å². The van der Waals surface area contributed by atoms with Crippen LogP contribution in [0.4, 0.5) is 0 Å². The van der Waals surface area contributed by atoms with Crippen LogP contribution in [0.1, 0.15) is 10.4 Å². The van der Waals surface area contributed by atoms with E-state index in [9.17, 15) is 9.90 Å². The maximum Gasteiger partial charge on any atom is 0.153 e. The highest BCUT2D eigenvalue weighted by Crippen LogP contribution is 2.32. The van der Waals surface area contributed by atoms with Crippen molar-refractivity contribution in [2.75, 3.05) is 7.11 Å². The molecule has 0 unspecified atom stereocenters. The van der Waals surface area contributed by atoms with Crippen molar-refractivity contribution >= 4 is 17.3 Å². The molecule has 0 bridgehead atoms. The Morgan fingerprint density at radius 1 is 1.15 bits per heavy atom. The van der Waals surface area contributed by atoms with Crippen molar-refractivity contribution in [2.45, 2.75) is 0 Å². The number of carbonyl (C=O) groups excluding carboxylic acids is 1. The van der Waals surface area contributed by atoms with Crippen LogP contribution in [0.5, 0.6) is 11.5 Å². The first-order valence-corrected chi connectivity index (χ1v) is 6.07. The van der Waals surface area contributed by atoms with Crippen molar-refractivity contribution in [2.24, 2.45) is 0 Å². The van der Waals surface area contributed by atoms with Crippen LogP contribution < -0.4 is 4.74 Å². The molecule has 0 saturated heterocycles. The fraction of sp³-hybridized carbons (Fsp3) is 0.0625. The zero-order valence-corrected chi connectivity index (χ0v) is 10.8. The lowest BCUT2D eigenvalue weighted by Gasteiger charge is -2.00. The number of methoxy groups -OCH3 is 1. The molecule has 0 atom stereocenters. The topological polar surface area (TPSA) is 59.7 Å². The van der Waals surface area contributed by atoms with Gasteiger partial charge in [0.1, 0.15) is 22.8 Å². The fourth-order valence-corrected chi connectivity index (χ4v) is 2.09. The third-order valence-electron chi connectivity index (χ3n) is 3.17. The Morgan fingerprint density at radius 2 is 1.90 bits per heavy atom. The molecule has 1 aromatic heterocycles. The fourth-order valence-electron chi connectivity index (χ4n) is 2.09. The first kappa shape index (κ1) is 12.3. The van der Waals surface area contributed by atoms with E-state index in [1.54, 1.807) is 13.2 Å². The van der Waals surface area contributed by atoms with Gasteiger partial charge in [-0.2, -0.15) is 0 Å². The first-order chi connectivity index (χ1) is 9.71. The third kappa shape index (κ3) is 2.01. The molecule has 20 heavy (non-hydrogen) atoms. The molecule has 0 fully saturated rings. The van der Waals surface area contributed by atoms with Gasteiger partial charge in [0.15, 0.2) is 6.29 Å². The van der Waals surface area contributed by atoms with Crippen molar-refractivity contribution in [1.82, 2.24) is 0 Å². The summed E-state index contributed by atoms with van der Waals surface area (Å²) in [7, 11) is 1.61. The molecule has 1 heterocycles. The van der Waals surface area contributed by atoms with Crippen molar-refractivity contribution < 1.29 is 19.1 Å². The smallest absolute Gasteiger partial charge is 0.153 e. The largest absolute Gasteiger partial charge is 0.507 e. The monoisotopic (exact) mass is 268 g/mol. The number of carbonyl (C=O) groups is 1. The second kappa shape index (κ2) is 4.74. The average Bonchev–Trinajstić information content (AvgIpc) is 2.89. The van der Waals surface area contributed by atoms with Gasteiger partial charge in [-0.25, -0.2) is 0 Å². The van der Waals surface area contributed by atoms with Gasteiger partial charge in [-0.3, -0.25) is 4.79 Å². The van der Waals surface area contributed by atoms with E-state index in [2.05, 4.69) is 0 Å². The first-order valence-electron chi connectivity index (χ1n) is 6.07. The summed E-state index contributed by atoms with van der Waals surface area (Å²) in [6, 6.07) is 12.4. The molecule has 0 aliphatic carbocycles. The highest BCUT2D eigenvalue weighted by molar-refractivity contribution is 5.91. The number of fused-ring (bicyclic) bond motifs is 1. The minimum absolute atomic E-state index is 0.0804. The quantitative estimate of drug-likeness (QED) is 0.737. The molecule has 4 nitrogen and oxygen atoms in total. The lowest BCUT2D eigenvalue weighted by Crippen LogP contribution is -1.81. The predicted molar refractivity (Wildman–Crippen MR) is 75.3 cm³/mol.